The molecule has 0 saturated carbocycles. The van der Waals surface area contributed by atoms with Crippen LogP contribution in [0.4, 0.5) is 0 Å². The first-order valence-electron chi connectivity index (χ1n) is 8.12. The average molecular weight is 384 g/mol. The number of carbonyl (C=O) groups is 3. The molecule has 1 aromatic carbocycles. The number of aliphatic hydroxyl groups excluding tert-OH is 2. The van der Waals surface area contributed by atoms with Gasteiger partial charge in [-0.15, -0.1) is 0 Å². The molecule has 2 aliphatic rings. The summed E-state index contributed by atoms with van der Waals surface area (Å²) in [7, 11) is 0. The summed E-state index contributed by atoms with van der Waals surface area (Å²) < 4.78 is 19.8. The van der Waals surface area contributed by atoms with Gasteiger partial charge in [-0.05, 0) is 18.2 Å². The van der Waals surface area contributed by atoms with Crippen LogP contribution >= 0.6 is 0 Å². The minimum atomic E-state index is -1.33. The topological polar surface area (TPSA) is 155 Å². The van der Waals surface area contributed by atoms with E-state index in [0.29, 0.717) is 13.2 Å². The molecule has 2 unspecified atom stereocenters. The smallest absolute Gasteiger partial charge is 0.339 e. The fourth-order valence-electron chi connectivity index (χ4n) is 1.85. The van der Waals surface area contributed by atoms with Crippen molar-refractivity contribution in [2.45, 2.75) is 12.2 Å². The van der Waals surface area contributed by atoms with E-state index in [2.05, 4.69) is 0 Å². The molecular formula is C17H20O10. The molecule has 2 heterocycles. The van der Waals surface area contributed by atoms with Gasteiger partial charge in [-0.2, -0.15) is 0 Å². The molecule has 2 fully saturated rings. The van der Waals surface area contributed by atoms with Gasteiger partial charge in [-0.25, -0.2) is 14.4 Å². The third kappa shape index (κ3) is 6.94. The van der Waals surface area contributed by atoms with Crippen LogP contribution < -0.4 is 0 Å². The molecule has 0 spiro atoms. The Labute approximate surface area is 154 Å². The Kier molecular flexibility index (Phi) is 7.67. The summed E-state index contributed by atoms with van der Waals surface area (Å²) in [6.45, 7) is 1.01. The summed E-state index contributed by atoms with van der Waals surface area (Å²) in [5, 5.41) is 24.5. The molecule has 0 aliphatic carbocycles. The number of benzene rings is 1. The minimum Gasteiger partial charge on any atom is -0.478 e. The highest BCUT2D eigenvalue weighted by molar-refractivity contribution is 6.04. The highest BCUT2D eigenvalue weighted by atomic mass is 16.6. The number of esters is 2. The molecule has 0 radical (unpaired) electrons. The zero-order chi connectivity index (χ0) is 19.8. The Morgan fingerprint density at radius 1 is 0.926 bits per heavy atom. The molecule has 10 heteroatoms. The second-order valence-corrected chi connectivity index (χ2v) is 5.62. The molecule has 1 aromatic rings. The lowest BCUT2D eigenvalue weighted by Crippen LogP contribution is -2.16. The van der Waals surface area contributed by atoms with Crippen molar-refractivity contribution in [2.24, 2.45) is 0 Å². The summed E-state index contributed by atoms with van der Waals surface area (Å²) in [4.78, 5) is 35.1. The zero-order valence-electron chi connectivity index (χ0n) is 14.3. The van der Waals surface area contributed by atoms with Crippen molar-refractivity contribution in [1.29, 1.82) is 0 Å². The first kappa shape index (κ1) is 20.8. The number of aliphatic hydroxyl groups is 2. The molecular weight excluding hydrogens is 364 g/mol. The summed E-state index contributed by atoms with van der Waals surface area (Å²) in [5.74, 6) is -2.78. The second kappa shape index (κ2) is 9.97. The quantitative estimate of drug-likeness (QED) is 0.393. The summed E-state index contributed by atoms with van der Waals surface area (Å²) in [6, 6.07) is 3.67. The van der Waals surface area contributed by atoms with Crippen LogP contribution in [-0.2, 0) is 18.9 Å². The van der Waals surface area contributed by atoms with E-state index in [0.717, 1.165) is 6.07 Å². The molecule has 148 valence electrons. The number of carbonyl (C=O) groups excluding carboxylic acids is 2. The molecule has 0 aromatic heterocycles. The summed E-state index contributed by atoms with van der Waals surface area (Å²) >= 11 is 0. The number of ether oxygens (including phenoxy) is 4. The van der Waals surface area contributed by atoms with Crippen LogP contribution in [0.1, 0.15) is 31.1 Å². The minimum absolute atomic E-state index is 0.0464. The fourth-order valence-corrected chi connectivity index (χ4v) is 1.85. The van der Waals surface area contributed by atoms with Crippen molar-refractivity contribution < 1.29 is 48.7 Å². The molecule has 3 N–H and O–H groups in total. The number of aromatic carboxylic acids is 1. The lowest BCUT2D eigenvalue weighted by atomic mass is 10.0. The maximum absolute atomic E-state index is 11.9. The monoisotopic (exact) mass is 384 g/mol. The standard InChI is InChI=1S/C15H14O8.C2H6O2/c16-13(17)12-3-8(14(18)22-6-9-4-20-9)1-2-11(12)15(19)23-7-10-5-21-10;3-1-2-4/h1-3,9-10H,4-7H2,(H,16,17);3-4H,1-2H2. The van der Waals surface area contributed by atoms with Gasteiger partial charge in [-0.3, -0.25) is 0 Å². The van der Waals surface area contributed by atoms with E-state index in [4.69, 9.17) is 29.2 Å². The van der Waals surface area contributed by atoms with E-state index in [9.17, 15) is 19.5 Å². The van der Waals surface area contributed by atoms with E-state index in [-0.39, 0.29) is 55.3 Å². The fraction of sp³-hybridized carbons (Fsp3) is 0.471. The van der Waals surface area contributed by atoms with Crippen molar-refractivity contribution >= 4 is 17.9 Å². The molecule has 3 rings (SSSR count). The van der Waals surface area contributed by atoms with E-state index < -0.39 is 17.9 Å². The van der Waals surface area contributed by atoms with Crippen LogP contribution in [0.5, 0.6) is 0 Å². The van der Waals surface area contributed by atoms with E-state index in [1.807, 2.05) is 0 Å². The van der Waals surface area contributed by atoms with Crippen molar-refractivity contribution in [3.05, 3.63) is 34.9 Å². The Balaban J connectivity index is 0.000000596. The molecule has 10 nitrogen and oxygen atoms in total. The zero-order valence-corrected chi connectivity index (χ0v) is 14.3. The Bertz CT molecular complexity index is 676. The number of epoxide rings is 2. The molecule has 2 aliphatic heterocycles. The number of hydrogen-bond acceptors (Lipinski definition) is 9. The summed E-state index contributed by atoms with van der Waals surface area (Å²) in [5.41, 5.74) is -0.394. The SMILES string of the molecule is O=C(OCC1CO1)c1ccc(C(=O)OCC2CO2)c(C(=O)O)c1.OCCO. The highest BCUT2D eigenvalue weighted by Gasteiger charge is 2.27. The van der Waals surface area contributed by atoms with Crippen LogP contribution in [-0.4, -0.2) is 85.1 Å². The number of carboxylic acid groups (broad SMARTS) is 1. The lowest BCUT2D eigenvalue weighted by Gasteiger charge is -2.08. The van der Waals surface area contributed by atoms with Gasteiger partial charge in [0.15, 0.2) is 0 Å². The maximum atomic E-state index is 11.9. The highest BCUT2D eigenvalue weighted by Crippen LogP contribution is 2.17. The van der Waals surface area contributed by atoms with Crippen molar-refractivity contribution in [1.82, 2.24) is 0 Å². The lowest BCUT2D eigenvalue weighted by molar-refractivity contribution is 0.0458. The van der Waals surface area contributed by atoms with Gasteiger partial charge in [0.1, 0.15) is 25.4 Å². The van der Waals surface area contributed by atoms with Crippen LogP contribution in [0.15, 0.2) is 18.2 Å². The van der Waals surface area contributed by atoms with Crippen LogP contribution in [0, 0.1) is 0 Å². The van der Waals surface area contributed by atoms with E-state index in [1.54, 1.807) is 0 Å². The number of hydrogen-bond donors (Lipinski definition) is 3. The second-order valence-electron chi connectivity index (χ2n) is 5.62. The van der Waals surface area contributed by atoms with E-state index in [1.165, 1.54) is 12.1 Å². The van der Waals surface area contributed by atoms with Gasteiger partial charge in [0.25, 0.3) is 0 Å². The molecule has 0 amide bonds. The Hall–Kier alpha value is -2.53. The van der Waals surface area contributed by atoms with Gasteiger partial charge >= 0.3 is 17.9 Å². The van der Waals surface area contributed by atoms with Crippen LogP contribution in [0.2, 0.25) is 0 Å². The molecule has 27 heavy (non-hydrogen) atoms. The molecule has 2 atom stereocenters. The third-order valence-corrected chi connectivity index (χ3v) is 3.41. The van der Waals surface area contributed by atoms with Gasteiger partial charge in [-0.1, -0.05) is 0 Å². The number of rotatable bonds is 8. The van der Waals surface area contributed by atoms with Crippen LogP contribution in [0.25, 0.3) is 0 Å². The molecule has 2 saturated heterocycles. The van der Waals surface area contributed by atoms with Crippen molar-refractivity contribution in [3.63, 3.8) is 0 Å². The normalized spacial score (nSPS) is 19.3. The molecule has 0 bridgehead atoms. The largest absolute Gasteiger partial charge is 0.478 e. The predicted molar refractivity (Wildman–Crippen MR) is 87.6 cm³/mol. The average Bonchev–Trinajstić information content (AvgIpc) is 3.57. The van der Waals surface area contributed by atoms with Crippen molar-refractivity contribution in [3.8, 4) is 0 Å². The third-order valence-electron chi connectivity index (χ3n) is 3.41. The predicted octanol–water partition coefficient (Wildman–Crippen LogP) is -0.533. The maximum Gasteiger partial charge on any atom is 0.339 e. The van der Waals surface area contributed by atoms with Gasteiger partial charge < -0.3 is 34.3 Å². The Morgan fingerprint density at radius 3 is 1.89 bits per heavy atom. The summed E-state index contributed by atoms with van der Waals surface area (Å²) in [6.07, 6.45) is -0.206. The number of carboxylic acids is 1. The van der Waals surface area contributed by atoms with Gasteiger partial charge in [0.2, 0.25) is 0 Å². The van der Waals surface area contributed by atoms with Crippen molar-refractivity contribution in [2.75, 3.05) is 39.6 Å². The first-order chi connectivity index (χ1) is 13.0. The Morgan fingerprint density at radius 2 is 1.44 bits per heavy atom. The van der Waals surface area contributed by atoms with Gasteiger partial charge in [0.05, 0.1) is 43.1 Å². The van der Waals surface area contributed by atoms with E-state index >= 15 is 0 Å². The van der Waals surface area contributed by atoms with Gasteiger partial charge in [0, 0.05) is 0 Å². The van der Waals surface area contributed by atoms with Crippen LogP contribution in [0.3, 0.4) is 0 Å². The first-order valence-corrected chi connectivity index (χ1v) is 8.12.